The van der Waals surface area contributed by atoms with Crippen LogP contribution in [0.15, 0.2) is 43.0 Å². The highest BCUT2D eigenvalue weighted by Gasteiger charge is 2.53. The number of hydrogen-bond donors (Lipinski definition) is 2. The van der Waals surface area contributed by atoms with Crippen LogP contribution >= 0.6 is 0 Å². The van der Waals surface area contributed by atoms with Gasteiger partial charge in [-0.2, -0.15) is 0 Å². The highest BCUT2D eigenvalue weighted by molar-refractivity contribution is 5.91. The van der Waals surface area contributed by atoms with Crippen LogP contribution in [0, 0.1) is 0 Å². The van der Waals surface area contributed by atoms with Crippen LogP contribution in [-0.4, -0.2) is 41.8 Å². The Hall–Kier alpha value is -2.34. The summed E-state index contributed by atoms with van der Waals surface area (Å²) >= 11 is 0. The lowest BCUT2D eigenvalue weighted by Crippen LogP contribution is -2.50. The van der Waals surface area contributed by atoms with Crippen molar-refractivity contribution < 1.29 is 24.2 Å². The minimum Gasteiger partial charge on any atom is -0.480 e. The first-order valence-corrected chi connectivity index (χ1v) is 7.04. The number of rotatable bonds is 9. The quantitative estimate of drug-likeness (QED) is 0.532. The number of benzene rings is 1. The van der Waals surface area contributed by atoms with Gasteiger partial charge in [0.05, 0.1) is 13.2 Å². The molecule has 2 N–H and O–H groups in total. The van der Waals surface area contributed by atoms with Crippen molar-refractivity contribution in [3.8, 4) is 5.75 Å². The first kappa shape index (κ1) is 16.0. The highest BCUT2D eigenvalue weighted by Crippen LogP contribution is 2.40. The number of carbonyl (C=O) groups is 2. The largest absolute Gasteiger partial charge is 0.480 e. The van der Waals surface area contributed by atoms with Gasteiger partial charge in [-0.1, -0.05) is 24.3 Å². The van der Waals surface area contributed by atoms with Crippen LogP contribution in [0.25, 0.3) is 0 Å². The summed E-state index contributed by atoms with van der Waals surface area (Å²) in [6.07, 6.45) is 2.64. The van der Waals surface area contributed by atoms with E-state index in [-0.39, 0.29) is 13.2 Å². The second kappa shape index (κ2) is 7.09. The van der Waals surface area contributed by atoms with Gasteiger partial charge >= 0.3 is 5.97 Å². The summed E-state index contributed by atoms with van der Waals surface area (Å²) < 4.78 is 10.8. The summed E-state index contributed by atoms with van der Waals surface area (Å²) in [6, 6.07) is 7.89. The lowest BCUT2D eigenvalue weighted by atomic mass is 10.2. The van der Waals surface area contributed by atoms with Crippen LogP contribution in [0.3, 0.4) is 0 Å². The second-order valence-corrected chi connectivity index (χ2v) is 5.10. The monoisotopic (exact) mass is 305 g/mol. The van der Waals surface area contributed by atoms with Crippen LogP contribution < -0.4 is 10.1 Å². The molecule has 1 unspecified atom stereocenters. The maximum absolute atomic E-state index is 12.3. The van der Waals surface area contributed by atoms with Crippen molar-refractivity contribution in [2.45, 2.75) is 24.5 Å². The SMILES string of the molecule is C=CCOCC(NC(=O)C1(Oc2ccccc2)CC1)C(=O)O. The summed E-state index contributed by atoms with van der Waals surface area (Å²) in [6.45, 7) is 3.59. The van der Waals surface area contributed by atoms with E-state index in [1.165, 1.54) is 6.08 Å². The average molecular weight is 305 g/mol. The van der Waals surface area contributed by atoms with Crippen LogP contribution in [0.4, 0.5) is 0 Å². The fourth-order valence-electron chi connectivity index (χ4n) is 1.94. The smallest absolute Gasteiger partial charge is 0.328 e. The van der Waals surface area contributed by atoms with Crippen molar-refractivity contribution in [1.82, 2.24) is 5.32 Å². The molecule has 0 heterocycles. The first-order chi connectivity index (χ1) is 10.6. The molecule has 1 fully saturated rings. The number of carboxylic acid groups (broad SMARTS) is 1. The number of hydrogen-bond acceptors (Lipinski definition) is 4. The van der Waals surface area contributed by atoms with E-state index >= 15 is 0 Å². The van der Waals surface area contributed by atoms with E-state index < -0.39 is 23.5 Å². The molecule has 0 bridgehead atoms. The lowest BCUT2D eigenvalue weighted by Gasteiger charge is -2.21. The molecular formula is C16H19NO5. The number of amides is 1. The molecule has 22 heavy (non-hydrogen) atoms. The van der Waals surface area contributed by atoms with Gasteiger partial charge in [0.2, 0.25) is 0 Å². The van der Waals surface area contributed by atoms with Crippen molar-refractivity contribution in [3.63, 3.8) is 0 Å². The maximum Gasteiger partial charge on any atom is 0.328 e. The molecule has 118 valence electrons. The number of carboxylic acids is 1. The lowest BCUT2D eigenvalue weighted by molar-refractivity contribution is -0.145. The third kappa shape index (κ3) is 4.08. The standard InChI is InChI=1S/C16H19NO5/c1-2-10-21-11-13(14(18)19)17-15(20)16(8-9-16)22-12-6-4-3-5-7-12/h2-7,13H,1,8-11H2,(H,17,20)(H,18,19). The van der Waals surface area contributed by atoms with Crippen molar-refractivity contribution in [3.05, 3.63) is 43.0 Å². The molecule has 1 saturated carbocycles. The van der Waals surface area contributed by atoms with Crippen molar-refractivity contribution in [1.29, 1.82) is 0 Å². The fourth-order valence-corrected chi connectivity index (χ4v) is 1.94. The molecule has 2 rings (SSSR count). The van der Waals surface area contributed by atoms with Gasteiger partial charge < -0.3 is 19.9 Å². The molecule has 1 atom stereocenters. The zero-order chi connectivity index (χ0) is 16.0. The topological polar surface area (TPSA) is 84.9 Å². The summed E-state index contributed by atoms with van der Waals surface area (Å²) in [5.41, 5.74) is -0.965. The Labute approximate surface area is 128 Å². The Morgan fingerprint density at radius 3 is 2.59 bits per heavy atom. The highest BCUT2D eigenvalue weighted by atomic mass is 16.5. The van der Waals surface area contributed by atoms with Crippen LogP contribution in [-0.2, 0) is 14.3 Å². The second-order valence-electron chi connectivity index (χ2n) is 5.10. The van der Waals surface area contributed by atoms with E-state index in [2.05, 4.69) is 11.9 Å². The average Bonchev–Trinajstić information content (AvgIpc) is 3.28. The molecule has 1 aromatic carbocycles. The van der Waals surface area contributed by atoms with E-state index in [4.69, 9.17) is 14.6 Å². The van der Waals surface area contributed by atoms with Gasteiger partial charge in [0.25, 0.3) is 5.91 Å². The summed E-state index contributed by atoms with van der Waals surface area (Å²) in [7, 11) is 0. The number of para-hydroxylation sites is 1. The van der Waals surface area contributed by atoms with Crippen LogP contribution in [0.1, 0.15) is 12.8 Å². The summed E-state index contributed by atoms with van der Waals surface area (Å²) in [5.74, 6) is -0.983. The molecule has 1 aromatic rings. The normalized spacial score (nSPS) is 16.4. The van der Waals surface area contributed by atoms with E-state index in [1.54, 1.807) is 12.1 Å². The zero-order valence-electron chi connectivity index (χ0n) is 12.2. The Morgan fingerprint density at radius 1 is 1.36 bits per heavy atom. The molecule has 0 aromatic heterocycles. The minimum absolute atomic E-state index is 0.117. The van der Waals surface area contributed by atoms with Crippen molar-refractivity contribution >= 4 is 11.9 Å². The molecule has 1 aliphatic carbocycles. The van der Waals surface area contributed by atoms with Gasteiger partial charge in [0.1, 0.15) is 5.75 Å². The fraction of sp³-hybridized carbons (Fsp3) is 0.375. The molecule has 1 amide bonds. The molecule has 0 saturated heterocycles. The van der Waals surface area contributed by atoms with Gasteiger partial charge in [-0.3, -0.25) is 4.79 Å². The Bertz CT molecular complexity index is 539. The predicted octanol–water partition coefficient (Wildman–Crippen LogP) is 1.37. The molecule has 6 heteroatoms. The van der Waals surface area contributed by atoms with Gasteiger partial charge in [-0.25, -0.2) is 4.79 Å². The number of aliphatic carboxylic acids is 1. The molecular weight excluding hydrogens is 286 g/mol. The Balaban J connectivity index is 1.94. The van der Waals surface area contributed by atoms with Crippen LogP contribution in [0.2, 0.25) is 0 Å². The van der Waals surface area contributed by atoms with E-state index in [9.17, 15) is 9.59 Å². The summed E-state index contributed by atoms with van der Waals surface area (Å²) in [5, 5.41) is 11.6. The third-order valence-electron chi connectivity index (χ3n) is 3.30. The predicted molar refractivity (Wildman–Crippen MR) is 79.6 cm³/mol. The van der Waals surface area contributed by atoms with Crippen molar-refractivity contribution in [2.75, 3.05) is 13.2 Å². The van der Waals surface area contributed by atoms with E-state index in [0.717, 1.165) is 0 Å². The number of ether oxygens (including phenoxy) is 2. The number of nitrogens with one attached hydrogen (secondary N) is 1. The Morgan fingerprint density at radius 2 is 2.05 bits per heavy atom. The molecule has 0 aliphatic heterocycles. The van der Waals surface area contributed by atoms with E-state index in [1.807, 2.05) is 18.2 Å². The molecule has 0 spiro atoms. The Kier molecular flexibility index (Phi) is 5.16. The molecule has 6 nitrogen and oxygen atoms in total. The van der Waals surface area contributed by atoms with Gasteiger partial charge in [0.15, 0.2) is 11.6 Å². The van der Waals surface area contributed by atoms with Crippen LogP contribution in [0.5, 0.6) is 5.75 Å². The minimum atomic E-state index is -1.15. The van der Waals surface area contributed by atoms with Gasteiger partial charge in [-0.15, -0.1) is 6.58 Å². The van der Waals surface area contributed by atoms with Gasteiger partial charge in [0, 0.05) is 12.8 Å². The summed E-state index contributed by atoms with van der Waals surface area (Å²) in [4.78, 5) is 23.5. The van der Waals surface area contributed by atoms with E-state index in [0.29, 0.717) is 18.6 Å². The molecule has 0 radical (unpaired) electrons. The number of carbonyl (C=O) groups excluding carboxylic acids is 1. The zero-order valence-corrected chi connectivity index (χ0v) is 12.2. The third-order valence-corrected chi connectivity index (χ3v) is 3.30. The molecule has 1 aliphatic rings. The van der Waals surface area contributed by atoms with Gasteiger partial charge in [-0.05, 0) is 12.1 Å². The van der Waals surface area contributed by atoms with Crippen molar-refractivity contribution in [2.24, 2.45) is 0 Å². The maximum atomic E-state index is 12.3. The first-order valence-electron chi connectivity index (χ1n) is 7.04.